The van der Waals surface area contributed by atoms with Crippen LogP contribution in [0.4, 0.5) is 4.79 Å². The molecule has 3 atom stereocenters. The second kappa shape index (κ2) is 6.13. The van der Waals surface area contributed by atoms with Gasteiger partial charge in [0.2, 0.25) is 0 Å². The molecule has 1 aromatic carbocycles. The minimum Gasteiger partial charge on any atom is -0.479 e. The Balaban J connectivity index is 2.04. The van der Waals surface area contributed by atoms with Gasteiger partial charge in [0, 0.05) is 6.61 Å². The van der Waals surface area contributed by atoms with Gasteiger partial charge in [-0.15, -0.1) is 0 Å². The number of ether oxygens (including phenoxy) is 1. The van der Waals surface area contributed by atoms with Crippen molar-refractivity contribution in [3.8, 4) is 0 Å². The van der Waals surface area contributed by atoms with E-state index in [-0.39, 0.29) is 6.10 Å². The van der Waals surface area contributed by atoms with E-state index in [4.69, 9.17) is 4.74 Å². The zero-order valence-electron chi connectivity index (χ0n) is 12.1. The number of carboxylic acids is 1. The molecule has 1 aliphatic heterocycles. The molecule has 0 saturated carbocycles. The summed E-state index contributed by atoms with van der Waals surface area (Å²) in [6.07, 6.45) is 0.591. The van der Waals surface area contributed by atoms with Crippen LogP contribution in [0.5, 0.6) is 0 Å². The van der Waals surface area contributed by atoms with Crippen molar-refractivity contribution in [3.05, 3.63) is 35.9 Å². The molecular formula is C15H20N2O4. The maximum absolute atomic E-state index is 12.1. The van der Waals surface area contributed by atoms with Crippen molar-refractivity contribution in [3.63, 3.8) is 0 Å². The Morgan fingerprint density at radius 3 is 2.57 bits per heavy atom. The second-order valence-electron chi connectivity index (χ2n) is 5.46. The summed E-state index contributed by atoms with van der Waals surface area (Å²) >= 11 is 0. The third kappa shape index (κ3) is 3.52. The zero-order chi connectivity index (χ0) is 15.5. The van der Waals surface area contributed by atoms with E-state index in [1.165, 1.54) is 0 Å². The molecule has 0 spiro atoms. The Hall–Kier alpha value is -2.08. The molecule has 6 nitrogen and oxygen atoms in total. The van der Waals surface area contributed by atoms with Crippen molar-refractivity contribution in [2.75, 3.05) is 6.61 Å². The van der Waals surface area contributed by atoms with E-state index in [0.717, 1.165) is 0 Å². The molecule has 1 fully saturated rings. The van der Waals surface area contributed by atoms with Gasteiger partial charge in [-0.3, -0.25) is 0 Å². The quantitative estimate of drug-likeness (QED) is 0.788. The molecule has 3 N–H and O–H groups in total. The van der Waals surface area contributed by atoms with Gasteiger partial charge in [0.15, 0.2) is 6.04 Å². The number of carbonyl (C=O) groups excluding carboxylic acids is 1. The highest BCUT2D eigenvalue weighted by Crippen LogP contribution is 2.25. The van der Waals surface area contributed by atoms with Crippen LogP contribution in [-0.4, -0.2) is 35.4 Å². The molecule has 114 valence electrons. The Labute approximate surface area is 123 Å². The molecule has 0 bridgehead atoms. The van der Waals surface area contributed by atoms with Crippen molar-refractivity contribution in [2.45, 2.75) is 38.0 Å². The van der Waals surface area contributed by atoms with Gasteiger partial charge in [-0.2, -0.15) is 0 Å². The van der Waals surface area contributed by atoms with E-state index in [1.807, 2.05) is 13.8 Å². The first-order valence-electron chi connectivity index (χ1n) is 6.90. The fourth-order valence-corrected chi connectivity index (χ4v) is 2.36. The molecule has 6 heteroatoms. The Morgan fingerprint density at radius 1 is 1.38 bits per heavy atom. The number of urea groups is 1. The lowest BCUT2D eigenvalue weighted by Gasteiger charge is -2.29. The molecule has 0 aliphatic carbocycles. The Morgan fingerprint density at radius 2 is 2.05 bits per heavy atom. The van der Waals surface area contributed by atoms with Crippen LogP contribution in [-0.2, 0) is 9.53 Å². The summed E-state index contributed by atoms with van der Waals surface area (Å²) in [5.41, 5.74) is 0.0464. The third-order valence-corrected chi connectivity index (χ3v) is 3.94. The van der Waals surface area contributed by atoms with Gasteiger partial charge in [0.25, 0.3) is 0 Å². The lowest BCUT2D eigenvalue weighted by atomic mass is 9.95. The summed E-state index contributed by atoms with van der Waals surface area (Å²) in [6.45, 7) is 4.36. The SMILES string of the molecule is CC1OCCC1(C)NC(=O)N[C@H](C(=O)O)c1ccccc1. The lowest BCUT2D eigenvalue weighted by molar-refractivity contribution is -0.139. The first-order chi connectivity index (χ1) is 9.92. The van der Waals surface area contributed by atoms with Gasteiger partial charge in [-0.1, -0.05) is 30.3 Å². The normalized spacial score (nSPS) is 26.1. The van der Waals surface area contributed by atoms with Crippen molar-refractivity contribution in [1.82, 2.24) is 10.6 Å². The second-order valence-corrected chi connectivity index (χ2v) is 5.46. The monoisotopic (exact) mass is 292 g/mol. The minimum atomic E-state index is -1.10. The maximum atomic E-state index is 12.1. The van der Waals surface area contributed by atoms with E-state index in [0.29, 0.717) is 18.6 Å². The summed E-state index contributed by atoms with van der Waals surface area (Å²) in [4.78, 5) is 23.4. The number of carbonyl (C=O) groups is 2. The van der Waals surface area contributed by atoms with Crippen LogP contribution in [0.25, 0.3) is 0 Å². The Bertz CT molecular complexity index is 520. The Kier molecular flexibility index (Phi) is 4.47. The van der Waals surface area contributed by atoms with E-state index >= 15 is 0 Å². The highest BCUT2D eigenvalue weighted by Gasteiger charge is 2.38. The van der Waals surface area contributed by atoms with Gasteiger partial charge in [-0.05, 0) is 25.8 Å². The third-order valence-electron chi connectivity index (χ3n) is 3.94. The zero-order valence-corrected chi connectivity index (χ0v) is 12.1. The van der Waals surface area contributed by atoms with Crippen LogP contribution >= 0.6 is 0 Å². The van der Waals surface area contributed by atoms with Crippen LogP contribution in [0.1, 0.15) is 31.9 Å². The average molecular weight is 292 g/mol. The summed E-state index contributed by atoms with van der Waals surface area (Å²) in [7, 11) is 0. The molecule has 1 aliphatic rings. The number of aliphatic carboxylic acids is 1. The van der Waals surface area contributed by atoms with Crippen LogP contribution in [0.2, 0.25) is 0 Å². The van der Waals surface area contributed by atoms with Crippen LogP contribution in [0.3, 0.4) is 0 Å². The summed E-state index contributed by atoms with van der Waals surface area (Å²) in [6, 6.07) is 7.02. The fraction of sp³-hybridized carbons (Fsp3) is 0.467. The topological polar surface area (TPSA) is 87.7 Å². The number of rotatable bonds is 4. The number of benzene rings is 1. The molecule has 21 heavy (non-hydrogen) atoms. The maximum Gasteiger partial charge on any atom is 0.330 e. The van der Waals surface area contributed by atoms with Crippen LogP contribution in [0, 0.1) is 0 Å². The number of nitrogens with one attached hydrogen (secondary N) is 2. The van der Waals surface area contributed by atoms with Crippen LogP contribution in [0.15, 0.2) is 30.3 Å². The van der Waals surface area contributed by atoms with E-state index in [9.17, 15) is 14.7 Å². The van der Waals surface area contributed by atoms with Gasteiger partial charge in [0.05, 0.1) is 11.6 Å². The van der Waals surface area contributed by atoms with E-state index < -0.39 is 23.6 Å². The standard InChI is InChI=1S/C15H20N2O4/c1-10-15(2,8-9-21-10)17-14(20)16-12(13(18)19)11-6-4-3-5-7-11/h3-7,10,12H,8-9H2,1-2H3,(H,18,19)(H2,16,17,20)/t10?,12-,15?/m0/s1. The van der Waals surface area contributed by atoms with Crippen molar-refractivity contribution in [2.24, 2.45) is 0 Å². The number of amides is 2. The van der Waals surface area contributed by atoms with Crippen molar-refractivity contribution < 1.29 is 19.4 Å². The van der Waals surface area contributed by atoms with Gasteiger partial charge < -0.3 is 20.5 Å². The fourth-order valence-electron chi connectivity index (χ4n) is 2.36. The molecule has 2 unspecified atom stereocenters. The molecule has 0 aromatic heterocycles. The highest BCUT2D eigenvalue weighted by molar-refractivity contribution is 5.84. The number of hydrogen-bond acceptors (Lipinski definition) is 3. The minimum absolute atomic E-state index is 0.108. The van der Waals surface area contributed by atoms with Crippen LogP contribution < -0.4 is 10.6 Å². The summed E-state index contributed by atoms with van der Waals surface area (Å²) in [5, 5.41) is 14.6. The number of carboxylic acid groups (broad SMARTS) is 1. The van der Waals surface area contributed by atoms with Crippen molar-refractivity contribution in [1.29, 1.82) is 0 Å². The molecule has 1 heterocycles. The molecule has 1 saturated heterocycles. The first-order valence-corrected chi connectivity index (χ1v) is 6.90. The van der Waals surface area contributed by atoms with Crippen molar-refractivity contribution >= 4 is 12.0 Å². The van der Waals surface area contributed by atoms with E-state index in [2.05, 4.69) is 10.6 Å². The molecule has 1 aromatic rings. The predicted octanol–water partition coefficient (Wildman–Crippen LogP) is 1.68. The largest absolute Gasteiger partial charge is 0.479 e. The predicted molar refractivity (Wildman–Crippen MR) is 76.9 cm³/mol. The smallest absolute Gasteiger partial charge is 0.330 e. The van der Waals surface area contributed by atoms with Gasteiger partial charge in [0.1, 0.15) is 0 Å². The molecule has 0 radical (unpaired) electrons. The molecule has 2 amide bonds. The highest BCUT2D eigenvalue weighted by atomic mass is 16.5. The number of hydrogen-bond donors (Lipinski definition) is 3. The molecular weight excluding hydrogens is 272 g/mol. The average Bonchev–Trinajstić information content (AvgIpc) is 2.76. The van der Waals surface area contributed by atoms with E-state index in [1.54, 1.807) is 30.3 Å². The molecule has 2 rings (SSSR count). The van der Waals surface area contributed by atoms with Gasteiger partial charge in [-0.25, -0.2) is 9.59 Å². The summed E-state index contributed by atoms with van der Waals surface area (Å²) in [5.74, 6) is -1.10. The lowest BCUT2D eigenvalue weighted by Crippen LogP contribution is -2.55. The summed E-state index contributed by atoms with van der Waals surface area (Å²) < 4.78 is 5.45. The first kappa shape index (κ1) is 15.3. The van der Waals surface area contributed by atoms with Gasteiger partial charge >= 0.3 is 12.0 Å².